The van der Waals surface area contributed by atoms with E-state index >= 15 is 0 Å². The van der Waals surface area contributed by atoms with E-state index in [-0.39, 0.29) is 11.8 Å². The first-order valence-corrected chi connectivity index (χ1v) is 10.4. The van der Waals surface area contributed by atoms with Crippen LogP contribution < -0.4 is 4.90 Å². The van der Waals surface area contributed by atoms with Crippen molar-refractivity contribution in [2.24, 2.45) is 0 Å². The van der Waals surface area contributed by atoms with Crippen molar-refractivity contribution in [3.05, 3.63) is 54.0 Å². The first-order chi connectivity index (χ1) is 14.8. The number of Topliss-reactive ketones (excluding diaryl/α,β-unsaturated/α-hetero) is 1. The summed E-state index contributed by atoms with van der Waals surface area (Å²) in [5.74, 6) is -1.15. The van der Waals surface area contributed by atoms with Gasteiger partial charge in [0.2, 0.25) is 0 Å². The van der Waals surface area contributed by atoms with Crippen LogP contribution in [0.15, 0.2) is 47.1 Å². The third-order valence-electron chi connectivity index (χ3n) is 5.99. The van der Waals surface area contributed by atoms with E-state index in [2.05, 4.69) is 4.90 Å². The largest absolute Gasteiger partial charge is 0.461 e. The zero-order chi connectivity index (χ0) is 22.0. The molecule has 0 unspecified atom stereocenters. The lowest BCUT2D eigenvalue weighted by Crippen LogP contribution is -2.56. The van der Waals surface area contributed by atoms with Crippen molar-refractivity contribution in [2.75, 3.05) is 44.2 Å². The van der Waals surface area contributed by atoms with Crippen LogP contribution in [0.4, 0.5) is 18.9 Å². The number of piperidine rings is 1. The van der Waals surface area contributed by atoms with E-state index in [0.29, 0.717) is 45.0 Å². The molecule has 166 valence electrons. The average molecular weight is 435 g/mol. The van der Waals surface area contributed by atoms with Crippen molar-refractivity contribution < 1.29 is 27.2 Å². The molecule has 0 bridgehead atoms. The maximum absolute atomic E-state index is 13.0. The van der Waals surface area contributed by atoms with E-state index in [1.165, 1.54) is 24.5 Å². The first kappa shape index (κ1) is 21.4. The van der Waals surface area contributed by atoms with Gasteiger partial charge in [0.1, 0.15) is 0 Å². The summed E-state index contributed by atoms with van der Waals surface area (Å²) < 4.78 is 44.0. The number of benzene rings is 1. The van der Waals surface area contributed by atoms with Gasteiger partial charge in [0.05, 0.1) is 11.8 Å². The number of nitrogens with zero attached hydrogens (tertiary/aromatic N) is 3. The number of carbonyl (C=O) groups is 2. The second-order valence-corrected chi connectivity index (χ2v) is 7.92. The summed E-state index contributed by atoms with van der Waals surface area (Å²) in [6.45, 7) is 3.60. The van der Waals surface area contributed by atoms with Gasteiger partial charge >= 0.3 is 6.18 Å². The molecule has 2 aliphatic heterocycles. The van der Waals surface area contributed by atoms with Crippen molar-refractivity contribution in [1.82, 2.24) is 9.80 Å². The van der Waals surface area contributed by atoms with Gasteiger partial charge in [-0.2, -0.15) is 13.2 Å². The number of halogens is 3. The maximum atomic E-state index is 13.0. The molecule has 9 heteroatoms. The molecule has 2 fully saturated rings. The number of anilines is 1. The Hall–Kier alpha value is -2.81. The highest BCUT2D eigenvalue weighted by atomic mass is 19.4. The summed E-state index contributed by atoms with van der Waals surface area (Å²) in [5, 5.41) is 0. The number of likely N-dealkylation sites (tertiary alicyclic amines) is 1. The highest BCUT2D eigenvalue weighted by Gasteiger charge is 2.34. The molecule has 1 amide bonds. The minimum absolute atomic E-state index is 0.0434. The van der Waals surface area contributed by atoms with Crippen LogP contribution in [0.1, 0.15) is 29.0 Å². The third-order valence-corrected chi connectivity index (χ3v) is 5.99. The molecule has 2 aliphatic rings. The summed E-state index contributed by atoms with van der Waals surface area (Å²) >= 11 is 0. The van der Waals surface area contributed by atoms with Crippen LogP contribution in [0.3, 0.4) is 0 Å². The number of hydrogen-bond donors (Lipinski definition) is 0. The van der Waals surface area contributed by atoms with Crippen molar-refractivity contribution in [1.29, 1.82) is 0 Å². The van der Waals surface area contributed by atoms with Gasteiger partial charge in [-0.05, 0) is 43.2 Å². The molecule has 0 spiro atoms. The Balaban J connectivity index is 1.35. The summed E-state index contributed by atoms with van der Waals surface area (Å²) in [6, 6.07) is 8.59. The summed E-state index contributed by atoms with van der Waals surface area (Å²) in [6.07, 6.45) is -1.27. The molecule has 2 aromatic rings. The number of furan rings is 1. The highest BCUT2D eigenvalue weighted by molar-refractivity contribution is 6.41. The molecule has 0 aliphatic carbocycles. The van der Waals surface area contributed by atoms with Crippen LogP contribution in [0.25, 0.3) is 0 Å². The zero-order valence-electron chi connectivity index (χ0n) is 17.0. The monoisotopic (exact) mass is 435 g/mol. The second kappa shape index (κ2) is 8.74. The Morgan fingerprint density at radius 2 is 1.77 bits per heavy atom. The fourth-order valence-corrected chi connectivity index (χ4v) is 4.32. The van der Waals surface area contributed by atoms with Gasteiger partial charge in [-0.15, -0.1) is 0 Å². The van der Waals surface area contributed by atoms with E-state index in [9.17, 15) is 22.8 Å². The second-order valence-electron chi connectivity index (χ2n) is 7.92. The van der Waals surface area contributed by atoms with Gasteiger partial charge < -0.3 is 14.2 Å². The summed E-state index contributed by atoms with van der Waals surface area (Å²) in [5.41, 5.74) is -0.0749. The predicted octanol–water partition coefficient (Wildman–Crippen LogP) is 3.29. The molecule has 0 N–H and O–H groups in total. The lowest BCUT2D eigenvalue weighted by atomic mass is 10.0. The van der Waals surface area contributed by atoms with Crippen molar-refractivity contribution in [2.45, 2.75) is 25.1 Å². The molecular weight excluding hydrogens is 411 g/mol. The zero-order valence-corrected chi connectivity index (χ0v) is 17.0. The Labute approximate surface area is 178 Å². The van der Waals surface area contributed by atoms with E-state index < -0.39 is 23.4 Å². The van der Waals surface area contributed by atoms with E-state index in [1.54, 1.807) is 17.0 Å². The lowest BCUT2D eigenvalue weighted by Gasteiger charge is -2.43. The maximum Gasteiger partial charge on any atom is 0.416 e. The molecule has 2 saturated heterocycles. The van der Waals surface area contributed by atoms with Gasteiger partial charge in [0.25, 0.3) is 11.7 Å². The number of piperazine rings is 1. The standard InChI is InChI=1S/C22H24F3N3O3/c23-22(24,25)16-4-1-5-17(14-16)26-9-11-27(12-10-26)18-6-2-8-28(15-18)21(30)20(29)19-7-3-13-31-19/h1,3-5,7,13-14,18H,2,6,8-12,15H2/t18-/m1/s1. The van der Waals surface area contributed by atoms with Gasteiger partial charge in [-0.25, -0.2) is 0 Å². The normalized spacial score (nSPS) is 20.7. The fraction of sp³-hybridized carbons (Fsp3) is 0.455. The van der Waals surface area contributed by atoms with Gasteiger partial charge in [-0.1, -0.05) is 6.07 Å². The first-order valence-electron chi connectivity index (χ1n) is 10.4. The van der Waals surface area contributed by atoms with E-state index in [4.69, 9.17) is 4.42 Å². The van der Waals surface area contributed by atoms with E-state index in [1.807, 2.05) is 4.90 Å². The highest BCUT2D eigenvalue weighted by Crippen LogP contribution is 2.32. The Kier molecular flexibility index (Phi) is 6.04. The van der Waals surface area contributed by atoms with E-state index in [0.717, 1.165) is 18.9 Å². The number of hydrogen-bond acceptors (Lipinski definition) is 5. The van der Waals surface area contributed by atoms with Crippen LogP contribution in [-0.4, -0.2) is 66.8 Å². The minimum atomic E-state index is -4.36. The molecule has 3 heterocycles. The van der Waals surface area contributed by atoms with Gasteiger partial charge in [-0.3, -0.25) is 14.5 Å². The van der Waals surface area contributed by atoms with Crippen LogP contribution in [-0.2, 0) is 11.0 Å². The SMILES string of the molecule is O=C(C(=O)N1CCC[C@@H](N2CCN(c3cccc(C(F)(F)F)c3)CC2)C1)c1ccco1. The molecule has 1 atom stereocenters. The topological polar surface area (TPSA) is 57.0 Å². The average Bonchev–Trinajstić information content (AvgIpc) is 3.33. The predicted molar refractivity (Wildman–Crippen MR) is 108 cm³/mol. The number of alkyl halides is 3. The van der Waals surface area contributed by atoms with Gasteiger partial charge in [0.15, 0.2) is 5.76 Å². The lowest BCUT2D eigenvalue weighted by molar-refractivity contribution is -0.137. The molecule has 6 nitrogen and oxygen atoms in total. The molecule has 0 saturated carbocycles. The molecule has 31 heavy (non-hydrogen) atoms. The molecule has 4 rings (SSSR count). The molecule has 1 aromatic carbocycles. The van der Waals surface area contributed by atoms with Crippen molar-refractivity contribution in [3.63, 3.8) is 0 Å². The number of amides is 1. The Bertz CT molecular complexity index is 922. The summed E-state index contributed by atoms with van der Waals surface area (Å²) in [7, 11) is 0. The number of rotatable bonds is 4. The smallest absolute Gasteiger partial charge is 0.416 e. The third kappa shape index (κ3) is 4.76. The van der Waals surface area contributed by atoms with Crippen molar-refractivity contribution in [3.8, 4) is 0 Å². The number of carbonyl (C=O) groups excluding carboxylic acids is 2. The van der Waals surface area contributed by atoms with Crippen LogP contribution in [0, 0.1) is 0 Å². The van der Waals surface area contributed by atoms with Crippen LogP contribution in [0.2, 0.25) is 0 Å². The van der Waals surface area contributed by atoms with Crippen LogP contribution in [0.5, 0.6) is 0 Å². The molecule has 1 aromatic heterocycles. The Morgan fingerprint density at radius 3 is 2.45 bits per heavy atom. The minimum Gasteiger partial charge on any atom is -0.461 e. The number of ketones is 1. The van der Waals surface area contributed by atoms with Gasteiger partial charge in [0, 0.05) is 51.0 Å². The van der Waals surface area contributed by atoms with Crippen molar-refractivity contribution >= 4 is 17.4 Å². The van der Waals surface area contributed by atoms with Crippen LogP contribution >= 0.6 is 0 Å². The molecule has 0 radical (unpaired) electrons. The molecular formula is C22H24F3N3O3. The fourth-order valence-electron chi connectivity index (χ4n) is 4.32. The quantitative estimate of drug-likeness (QED) is 0.545. The summed E-state index contributed by atoms with van der Waals surface area (Å²) in [4.78, 5) is 30.7. The Morgan fingerprint density at radius 1 is 1.00 bits per heavy atom.